The van der Waals surface area contributed by atoms with Gasteiger partial charge in [0.25, 0.3) is 0 Å². The van der Waals surface area contributed by atoms with E-state index in [1.807, 2.05) is 49.9 Å². The van der Waals surface area contributed by atoms with Crippen molar-refractivity contribution in [1.82, 2.24) is 4.90 Å². The number of hydrogen-bond acceptors (Lipinski definition) is 3. The van der Waals surface area contributed by atoms with E-state index in [1.54, 1.807) is 7.11 Å². The van der Waals surface area contributed by atoms with Crippen LogP contribution < -0.4 is 5.73 Å². The van der Waals surface area contributed by atoms with Crippen molar-refractivity contribution >= 4 is 11.6 Å². The highest BCUT2D eigenvalue weighted by molar-refractivity contribution is 5.76. The zero-order valence-electron chi connectivity index (χ0n) is 12.9. The van der Waals surface area contributed by atoms with Gasteiger partial charge in [-0.2, -0.15) is 0 Å². The SMILES string of the molecule is COC(C)CCC(=O)N(Cc1ccccc1N)C(C)C. The minimum absolute atomic E-state index is 0.106. The lowest BCUT2D eigenvalue weighted by atomic mass is 10.1. The van der Waals surface area contributed by atoms with Gasteiger partial charge in [-0.05, 0) is 38.8 Å². The standard InChI is InChI=1S/C16H26N2O2/c1-12(2)18(16(19)10-9-13(3)20-4)11-14-7-5-6-8-15(14)17/h5-8,12-13H,9-11,17H2,1-4H3. The molecule has 1 atom stereocenters. The number of carbonyl (C=O) groups excluding carboxylic acids is 1. The molecular formula is C16H26N2O2. The summed E-state index contributed by atoms with van der Waals surface area (Å²) in [6.45, 7) is 6.58. The third-order valence-corrected chi connectivity index (χ3v) is 3.51. The molecule has 0 saturated heterocycles. The fourth-order valence-electron chi connectivity index (χ4n) is 2.01. The van der Waals surface area contributed by atoms with E-state index < -0.39 is 0 Å². The van der Waals surface area contributed by atoms with Crippen molar-refractivity contribution in [1.29, 1.82) is 0 Å². The molecular weight excluding hydrogens is 252 g/mol. The fourth-order valence-corrected chi connectivity index (χ4v) is 2.01. The highest BCUT2D eigenvalue weighted by Crippen LogP contribution is 2.17. The molecule has 20 heavy (non-hydrogen) atoms. The molecule has 0 spiro atoms. The van der Waals surface area contributed by atoms with E-state index >= 15 is 0 Å². The van der Waals surface area contributed by atoms with Gasteiger partial charge in [0.1, 0.15) is 0 Å². The van der Waals surface area contributed by atoms with E-state index in [0.717, 1.165) is 17.7 Å². The van der Waals surface area contributed by atoms with E-state index in [4.69, 9.17) is 10.5 Å². The Bertz CT molecular complexity index is 432. The Balaban J connectivity index is 2.69. The number of amides is 1. The molecule has 0 aliphatic carbocycles. The predicted molar refractivity (Wildman–Crippen MR) is 82.2 cm³/mol. The van der Waals surface area contributed by atoms with Crippen LogP contribution >= 0.6 is 0 Å². The molecule has 0 radical (unpaired) electrons. The molecule has 4 heteroatoms. The van der Waals surface area contributed by atoms with Crippen LogP contribution in [-0.4, -0.2) is 30.1 Å². The van der Waals surface area contributed by atoms with E-state index in [-0.39, 0.29) is 18.1 Å². The molecule has 0 saturated carbocycles. The highest BCUT2D eigenvalue weighted by atomic mass is 16.5. The quantitative estimate of drug-likeness (QED) is 0.780. The number of rotatable bonds is 7. The molecule has 1 aromatic carbocycles. The molecule has 0 bridgehead atoms. The Hall–Kier alpha value is -1.55. The number of ether oxygens (including phenoxy) is 1. The first-order valence-electron chi connectivity index (χ1n) is 7.11. The van der Waals surface area contributed by atoms with Crippen molar-refractivity contribution in [3.05, 3.63) is 29.8 Å². The van der Waals surface area contributed by atoms with Crippen molar-refractivity contribution < 1.29 is 9.53 Å². The molecule has 0 fully saturated rings. The van der Waals surface area contributed by atoms with Gasteiger partial charge in [-0.25, -0.2) is 0 Å². The van der Waals surface area contributed by atoms with Crippen LogP contribution in [0, 0.1) is 0 Å². The lowest BCUT2D eigenvalue weighted by Gasteiger charge is -2.28. The number of nitrogens with two attached hydrogens (primary N) is 1. The van der Waals surface area contributed by atoms with Gasteiger partial charge in [-0.3, -0.25) is 4.79 Å². The van der Waals surface area contributed by atoms with Crippen LogP contribution in [-0.2, 0) is 16.1 Å². The van der Waals surface area contributed by atoms with E-state index in [1.165, 1.54) is 0 Å². The second-order valence-corrected chi connectivity index (χ2v) is 5.40. The summed E-state index contributed by atoms with van der Waals surface area (Å²) >= 11 is 0. The first-order chi connectivity index (χ1) is 9.45. The first kappa shape index (κ1) is 16.5. The van der Waals surface area contributed by atoms with Gasteiger partial charge in [0.05, 0.1) is 6.10 Å². The summed E-state index contributed by atoms with van der Waals surface area (Å²) in [5, 5.41) is 0. The highest BCUT2D eigenvalue weighted by Gasteiger charge is 2.18. The van der Waals surface area contributed by atoms with Crippen LogP contribution in [0.1, 0.15) is 39.2 Å². The Kier molecular flexibility index (Phi) is 6.52. The fraction of sp³-hybridized carbons (Fsp3) is 0.562. The van der Waals surface area contributed by atoms with Gasteiger partial charge >= 0.3 is 0 Å². The summed E-state index contributed by atoms with van der Waals surface area (Å²) < 4.78 is 5.19. The number of methoxy groups -OCH3 is 1. The maximum atomic E-state index is 12.4. The van der Waals surface area contributed by atoms with Crippen molar-refractivity contribution in [3.8, 4) is 0 Å². The largest absolute Gasteiger partial charge is 0.398 e. The summed E-state index contributed by atoms with van der Waals surface area (Å²) in [7, 11) is 1.67. The Labute approximate surface area is 121 Å². The number of carbonyl (C=O) groups is 1. The summed E-state index contributed by atoms with van der Waals surface area (Å²) in [5.74, 6) is 0.146. The number of nitrogen functional groups attached to an aromatic ring is 1. The minimum atomic E-state index is 0.106. The van der Waals surface area contributed by atoms with Gasteiger partial charge in [0, 0.05) is 31.8 Å². The van der Waals surface area contributed by atoms with Crippen LogP contribution in [0.4, 0.5) is 5.69 Å². The number of para-hydroxylation sites is 1. The topological polar surface area (TPSA) is 55.6 Å². The molecule has 1 aromatic rings. The van der Waals surface area contributed by atoms with Crippen LogP contribution in [0.3, 0.4) is 0 Å². The molecule has 4 nitrogen and oxygen atoms in total. The van der Waals surface area contributed by atoms with Gasteiger partial charge < -0.3 is 15.4 Å². The molecule has 1 amide bonds. The molecule has 0 aromatic heterocycles. The second-order valence-electron chi connectivity index (χ2n) is 5.40. The summed E-state index contributed by atoms with van der Waals surface area (Å²) in [5.41, 5.74) is 7.68. The number of hydrogen-bond donors (Lipinski definition) is 1. The number of benzene rings is 1. The number of anilines is 1. The minimum Gasteiger partial charge on any atom is -0.398 e. The van der Waals surface area contributed by atoms with Crippen molar-refractivity contribution in [2.45, 2.75) is 52.3 Å². The van der Waals surface area contributed by atoms with E-state index in [0.29, 0.717) is 13.0 Å². The van der Waals surface area contributed by atoms with Gasteiger partial charge in [0.15, 0.2) is 0 Å². The molecule has 1 rings (SSSR count). The Morgan fingerprint density at radius 2 is 1.95 bits per heavy atom. The average Bonchev–Trinajstić information content (AvgIpc) is 2.43. The molecule has 2 N–H and O–H groups in total. The zero-order chi connectivity index (χ0) is 15.1. The van der Waals surface area contributed by atoms with Gasteiger partial charge in [-0.1, -0.05) is 18.2 Å². The summed E-state index contributed by atoms with van der Waals surface area (Å²) in [6, 6.07) is 7.84. The summed E-state index contributed by atoms with van der Waals surface area (Å²) in [4.78, 5) is 14.2. The third-order valence-electron chi connectivity index (χ3n) is 3.51. The van der Waals surface area contributed by atoms with Crippen molar-refractivity contribution in [3.63, 3.8) is 0 Å². The number of nitrogens with zero attached hydrogens (tertiary/aromatic N) is 1. The molecule has 0 aliphatic rings. The van der Waals surface area contributed by atoms with Gasteiger partial charge in [0.2, 0.25) is 5.91 Å². The summed E-state index contributed by atoms with van der Waals surface area (Å²) in [6.07, 6.45) is 1.35. The second kappa shape index (κ2) is 7.90. The first-order valence-corrected chi connectivity index (χ1v) is 7.11. The Morgan fingerprint density at radius 3 is 2.50 bits per heavy atom. The van der Waals surface area contributed by atoms with Crippen LogP contribution in [0.5, 0.6) is 0 Å². The van der Waals surface area contributed by atoms with Crippen molar-refractivity contribution in [2.24, 2.45) is 0 Å². The molecule has 112 valence electrons. The van der Waals surface area contributed by atoms with Crippen molar-refractivity contribution in [2.75, 3.05) is 12.8 Å². The van der Waals surface area contributed by atoms with Crippen LogP contribution in [0.25, 0.3) is 0 Å². The smallest absolute Gasteiger partial charge is 0.223 e. The molecule has 0 heterocycles. The lowest BCUT2D eigenvalue weighted by molar-refractivity contribution is -0.134. The van der Waals surface area contributed by atoms with Gasteiger partial charge in [-0.15, -0.1) is 0 Å². The maximum absolute atomic E-state index is 12.4. The predicted octanol–water partition coefficient (Wildman–Crippen LogP) is 2.82. The van der Waals surface area contributed by atoms with Crippen LogP contribution in [0.2, 0.25) is 0 Å². The van der Waals surface area contributed by atoms with Crippen LogP contribution in [0.15, 0.2) is 24.3 Å². The average molecular weight is 278 g/mol. The molecule has 0 aliphatic heterocycles. The maximum Gasteiger partial charge on any atom is 0.223 e. The van der Waals surface area contributed by atoms with E-state index in [9.17, 15) is 4.79 Å². The zero-order valence-corrected chi connectivity index (χ0v) is 12.9. The lowest BCUT2D eigenvalue weighted by Crippen LogP contribution is -2.36. The normalized spacial score (nSPS) is 12.4. The monoisotopic (exact) mass is 278 g/mol. The third kappa shape index (κ3) is 4.85. The Morgan fingerprint density at radius 1 is 1.30 bits per heavy atom. The molecule has 1 unspecified atom stereocenters. The van der Waals surface area contributed by atoms with E-state index in [2.05, 4.69) is 0 Å².